The minimum Gasteiger partial charge on any atom is -0.863 e. The van der Waals surface area contributed by atoms with Gasteiger partial charge in [-0.1, -0.05) is 20.3 Å². The van der Waals surface area contributed by atoms with E-state index in [1.807, 2.05) is 0 Å². The van der Waals surface area contributed by atoms with E-state index in [9.17, 15) is 10.2 Å². The van der Waals surface area contributed by atoms with Gasteiger partial charge in [0, 0.05) is 0 Å². The summed E-state index contributed by atoms with van der Waals surface area (Å²) < 4.78 is 0. The first kappa shape index (κ1) is 15.7. The van der Waals surface area contributed by atoms with Crippen molar-refractivity contribution in [3.63, 3.8) is 0 Å². The van der Waals surface area contributed by atoms with Crippen LogP contribution in [-0.2, 0) is 0 Å². The van der Waals surface area contributed by atoms with Crippen molar-refractivity contribution in [2.45, 2.75) is 26.1 Å². The summed E-state index contributed by atoms with van der Waals surface area (Å²) in [4.78, 5) is 0. The van der Waals surface area contributed by atoms with Gasteiger partial charge in [-0.05, 0) is 0 Å². The lowest BCUT2D eigenvalue weighted by Gasteiger charge is -2.43. The van der Waals surface area contributed by atoms with Gasteiger partial charge in [0.1, 0.15) is 0 Å². The van der Waals surface area contributed by atoms with Crippen LogP contribution in [0.25, 0.3) is 0 Å². The van der Waals surface area contributed by atoms with Crippen molar-refractivity contribution in [2.75, 3.05) is 0 Å². The molecule has 0 aromatic heterocycles. The second-order valence-corrected chi connectivity index (χ2v) is 1.49. The fourth-order valence-corrected chi connectivity index (χ4v) is 0. The molecule has 0 aliphatic heterocycles. The van der Waals surface area contributed by atoms with E-state index in [0.717, 1.165) is 6.92 Å². The second-order valence-electron chi connectivity index (χ2n) is 1.49. The monoisotopic (exact) mass is 124 g/mol. The van der Waals surface area contributed by atoms with Crippen LogP contribution in [0.15, 0.2) is 0 Å². The number of rotatable bonds is 1. The molecule has 0 fully saturated rings. The topological polar surface area (TPSA) is 119 Å². The van der Waals surface area contributed by atoms with Gasteiger partial charge < -0.3 is 22.5 Å². The first-order chi connectivity index (χ1) is 2.56. The summed E-state index contributed by atoms with van der Waals surface area (Å²) in [6, 6.07) is 0. The van der Waals surface area contributed by atoms with Crippen LogP contribution in [0.4, 0.5) is 0 Å². The molecule has 0 heterocycles. The SMILES string of the molecule is CCC(C)([O-])[O-].[NH4+].[NH4+]. The normalized spacial score (nSPS) is 9.00. The van der Waals surface area contributed by atoms with E-state index < -0.39 is 5.79 Å². The molecule has 4 nitrogen and oxygen atoms in total. The standard InChI is InChI=1S/C4H8O2.2H3N/c1-3-4(2,5)6;;/h3H2,1-2H3;2*1H3/q-2;;/p+2. The van der Waals surface area contributed by atoms with Crippen LogP contribution in [0.1, 0.15) is 20.3 Å². The maximum Gasteiger partial charge on any atom is -0.0674 e. The molecule has 8 heavy (non-hydrogen) atoms. The Morgan fingerprint density at radius 3 is 1.38 bits per heavy atom. The van der Waals surface area contributed by atoms with E-state index in [-0.39, 0.29) is 18.7 Å². The largest absolute Gasteiger partial charge is 0.863 e. The number of quaternary nitrogens is 2. The van der Waals surface area contributed by atoms with Crippen molar-refractivity contribution in [3.05, 3.63) is 0 Å². The fraction of sp³-hybridized carbons (Fsp3) is 1.00. The molecule has 4 heteroatoms. The van der Waals surface area contributed by atoms with Crippen LogP contribution < -0.4 is 22.5 Å². The first-order valence-electron chi connectivity index (χ1n) is 1.97. The van der Waals surface area contributed by atoms with Crippen molar-refractivity contribution < 1.29 is 10.2 Å². The lowest BCUT2D eigenvalue weighted by atomic mass is 10.3. The van der Waals surface area contributed by atoms with Crippen LogP contribution in [0.2, 0.25) is 0 Å². The molecule has 0 rings (SSSR count). The molecule has 0 spiro atoms. The van der Waals surface area contributed by atoms with Gasteiger partial charge in [0.15, 0.2) is 0 Å². The molecule has 0 aliphatic carbocycles. The molecule has 8 N–H and O–H groups in total. The Labute approximate surface area is 49.7 Å². The van der Waals surface area contributed by atoms with Crippen molar-refractivity contribution in [1.82, 2.24) is 12.3 Å². The summed E-state index contributed by atoms with van der Waals surface area (Å²) in [6.07, 6.45) is 0.160. The number of hydrogen-bond acceptors (Lipinski definition) is 2. The summed E-state index contributed by atoms with van der Waals surface area (Å²) in [5, 5.41) is 19.8. The first-order valence-corrected chi connectivity index (χ1v) is 1.97. The maximum absolute atomic E-state index is 9.92. The van der Waals surface area contributed by atoms with E-state index in [1.165, 1.54) is 0 Å². The van der Waals surface area contributed by atoms with Gasteiger partial charge in [-0.3, -0.25) is 0 Å². The average molecular weight is 124 g/mol. The second kappa shape index (κ2) is 4.99. The summed E-state index contributed by atoms with van der Waals surface area (Å²) >= 11 is 0. The molecule has 0 unspecified atom stereocenters. The highest BCUT2D eigenvalue weighted by molar-refractivity contribution is 4.42. The Kier molecular flexibility index (Phi) is 9.76. The minimum atomic E-state index is -1.96. The van der Waals surface area contributed by atoms with E-state index in [2.05, 4.69) is 0 Å². The summed E-state index contributed by atoms with van der Waals surface area (Å²) in [5.74, 6) is -1.96. The van der Waals surface area contributed by atoms with Gasteiger partial charge in [-0.25, -0.2) is 5.79 Å². The van der Waals surface area contributed by atoms with Crippen LogP contribution >= 0.6 is 0 Å². The Morgan fingerprint density at radius 2 is 1.38 bits per heavy atom. The zero-order valence-electron chi connectivity index (χ0n) is 6.02. The van der Waals surface area contributed by atoms with Gasteiger partial charge >= 0.3 is 0 Å². The number of hydrogen-bond donors (Lipinski definition) is 2. The van der Waals surface area contributed by atoms with Gasteiger partial charge in [-0.15, -0.1) is 0 Å². The molecule has 0 atom stereocenters. The van der Waals surface area contributed by atoms with Crippen LogP contribution in [0, 0.1) is 0 Å². The van der Waals surface area contributed by atoms with Crippen molar-refractivity contribution in [2.24, 2.45) is 0 Å². The predicted molar refractivity (Wildman–Crippen MR) is 30.7 cm³/mol. The van der Waals surface area contributed by atoms with Crippen molar-refractivity contribution in [1.29, 1.82) is 0 Å². The Bertz CT molecular complexity index is 41.8. The highest BCUT2D eigenvalue weighted by Crippen LogP contribution is 1.88. The molecule has 0 aliphatic rings. The highest BCUT2D eigenvalue weighted by atomic mass is 16.5. The van der Waals surface area contributed by atoms with E-state index in [1.54, 1.807) is 6.92 Å². The predicted octanol–water partition coefficient (Wildman–Crippen LogP) is -0.414. The summed E-state index contributed by atoms with van der Waals surface area (Å²) in [6.45, 7) is 2.72. The summed E-state index contributed by atoms with van der Waals surface area (Å²) in [5.41, 5.74) is 0. The lowest BCUT2D eigenvalue weighted by Crippen LogP contribution is -2.52. The fourth-order valence-electron chi connectivity index (χ4n) is 0. The smallest absolute Gasteiger partial charge is 0.0674 e. The third-order valence-corrected chi connectivity index (χ3v) is 0.642. The van der Waals surface area contributed by atoms with Gasteiger partial charge in [-0.2, -0.15) is 0 Å². The molecule has 0 aromatic carbocycles. The third kappa shape index (κ3) is 17.0. The van der Waals surface area contributed by atoms with E-state index in [4.69, 9.17) is 0 Å². The minimum absolute atomic E-state index is 0. The zero-order chi connectivity index (χ0) is 5.21. The van der Waals surface area contributed by atoms with Gasteiger partial charge in [0.25, 0.3) is 0 Å². The Morgan fingerprint density at radius 1 is 1.25 bits per heavy atom. The molecule has 0 radical (unpaired) electrons. The molecule has 0 aromatic rings. The molecule has 0 saturated heterocycles. The van der Waals surface area contributed by atoms with Gasteiger partial charge in [0.2, 0.25) is 0 Å². The quantitative estimate of drug-likeness (QED) is 0.462. The highest BCUT2D eigenvalue weighted by Gasteiger charge is 1.81. The van der Waals surface area contributed by atoms with Gasteiger partial charge in [0.05, 0.1) is 0 Å². The lowest BCUT2D eigenvalue weighted by molar-refractivity contribution is -0.715. The van der Waals surface area contributed by atoms with E-state index in [0.29, 0.717) is 0 Å². The van der Waals surface area contributed by atoms with Crippen molar-refractivity contribution >= 4 is 0 Å². The third-order valence-electron chi connectivity index (χ3n) is 0.642. The van der Waals surface area contributed by atoms with Crippen LogP contribution in [-0.4, -0.2) is 5.79 Å². The Hall–Kier alpha value is -0.160. The van der Waals surface area contributed by atoms with Crippen LogP contribution in [0.5, 0.6) is 0 Å². The molecule has 0 bridgehead atoms. The van der Waals surface area contributed by atoms with Crippen LogP contribution in [0.3, 0.4) is 0 Å². The summed E-state index contributed by atoms with van der Waals surface area (Å²) in [7, 11) is 0. The molecule has 54 valence electrons. The average Bonchev–Trinajstić information content (AvgIpc) is 1.35. The maximum atomic E-state index is 9.92. The van der Waals surface area contributed by atoms with E-state index >= 15 is 0 Å². The Balaban J connectivity index is -0.000000125. The zero-order valence-corrected chi connectivity index (χ0v) is 6.02. The molecular formula is C4H16N2O2. The molecule has 0 amide bonds. The van der Waals surface area contributed by atoms with Crippen molar-refractivity contribution in [3.8, 4) is 0 Å². The molecular weight excluding hydrogens is 108 g/mol. The molecule has 0 saturated carbocycles.